The van der Waals surface area contributed by atoms with Crippen molar-refractivity contribution in [1.82, 2.24) is 4.57 Å². The Morgan fingerprint density at radius 1 is 0.933 bits per heavy atom. The summed E-state index contributed by atoms with van der Waals surface area (Å²) in [5.74, 6) is -0.682. The minimum atomic E-state index is -0.388. The third-order valence-corrected chi connectivity index (χ3v) is 5.90. The third kappa shape index (κ3) is 3.82. The number of methoxy groups -OCH3 is 1. The minimum absolute atomic E-state index is 0.295. The summed E-state index contributed by atoms with van der Waals surface area (Å²) in [6, 6.07) is 22.8. The van der Waals surface area contributed by atoms with E-state index in [1.807, 2.05) is 60.0 Å². The van der Waals surface area contributed by atoms with Gasteiger partial charge >= 0.3 is 5.97 Å². The Morgan fingerprint density at radius 2 is 1.60 bits per heavy atom. The molecule has 0 fully saturated rings. The molecule has 0 spiro atoms. The molecule has 0 atom stereocenters. The number of hydrogen-bond acceptors (Lipinski definition) is 4. The van der Waals surface area contributed by atoms with Crippen molar-refractivity contribution in [2.45, 2.75) is 13.5 Å². The molecule has 4 rings (SSSR count). The van der Waals surface area contributed by atoms with E-state index < -0.39 is 0 Å². The zero-order chi connectivity index (χ0) is 21.1. The predicted octanol–water partition coefficient (Wildman–Crippen LogP) is 4.92. The van der Waals surface area contributed by atoms with Crippen molar-refractivity contribution >= 4 is 33.4 Å². The number of thiazole rings is 1. The van der Waals surface area contributed by atoms with Crippen LogP contribution >= 0.6 is 11.3 Å². The molecule has 0 N–H and O–H groups in total. The number of ether oxygens (including phenoxy) is 1. The molecule has 0 bridgehead atoms. The number of benzene rings is 3. The van der Waals surface area contributed by atoms with Gasteiger partial charge in [-0.15, -0.1) is 0 Å². The average Bonchev–Trinajstić information content (AvgIpc) is 3.15. The first-order chi connectivity index (χ1) is 14.6. The predicted molar refractivity (Wildman–Crippen MR) is 119 cm³/mol. The molecule has 1 aromatic heterocycles. The first-order valence-electron chi connectivity index (χ1n) is 9.57. The van der Waals surface area contributed by atoms with Crippen LogP contribution in [0.2, 0.25) is 0 Å². The number of amides is 1. The van der Waals surface area contributed by atoms with Gasteiger partial charge in [-0.3, -0.25) is 4.79 Å². The Balaban J connectivity index is 1.69. The van der Waals surface area contributed by atoms with Crippen LogP contribution < -0.4 is 4.80 Å². The normalized spacial score (nSPS) is 11.6. The van der Waals surface area contributed by atoms with Crippen molar-refractivity contribution < 1.29 is 14.3 Å². The van der Waals surface area contributed by atoms with Gasteiger partial charge in [-0.25, -0.2) is 4.79 Å². The molecule has 0 aliphatic carbocycles. The van der Waals surface area contributed by atoms with Crippen molar-refractivity contribution in [1.29, 1.82) is 0 Å². The summed E-state index contributed by atoms with van der Waals surface area (Å²) in [5.41, 5.74) is 4.09. The lowest BCUT2D eigenvalue weighted by molar-refractivity contribution is 0.0601. The number of nitrogens with zero attached hydrogens (tertiary/aromatic N) is 2. The highest BCUT2D eigenvalue weighted by atomic mass is 32.1. The van der Waals surface area contributed by atoms with Crippen LogP contribution in [0.15, 0.2) is 77.8 Å². The lowest BCUT2D eigenvalue weighted by atomic mass is 10.0. The molecule has 6 heteroatoms. The van der Waals surface area contributed by atoms with E-state index in [4.69, 9.17) is 4.74 Å². The lowest BCUT2D eigenvalue weighted by Crippen LogP contribution is -2.15. The topological polar surface area (TPSA) is 60.7 Å². The highest BCUT2D eigenvalue weighted by Crippen LogP contribution is 2.21. The molecule has 0 unspecified atom stereocenters. The van der Waals surface area contributed by atoms with E-state index in [0.29, 0.717) is 22.5 Å². The van der Waals surface area contributed by atoms with Gasteiger partial charge in [-0.2, -0.15) is 4.99 Å². The second-order valence-electron chi connectivity index (χ2n) is 6.66. The largest absolute Gasteiger partial charge is 0.465 e. The summed E-state index contributed by atoms with van der Waals surface area (Å²) < 4.78 is 7.64. The molecule has 0 aliphatic rings. The van der Waals surface area contributed by atoms with Crippen molar-refractivity contribution in [2.75, 3.05) is 7.11 Å². The van der Waals surface area contributed by atoms with E-state index in [1.54, 1.807) is 24.3 Å². The molecule has 0 saturated heterocycles. The maximum atomic E-state index is 12.8. The van der Waals surface area contributed by atoms with Crippen LogP contribution in [0, 0.1) is 0 Å². The van der Waals surface area contributed by atoms with E-state index in [1.165, 1.54) is 18.4 Å². The first-order valence-corrected chi connectivity index (χ1v) is 10.4. The standard InChI is InChI=1S/C24H20N2O3S/c1-3-26-20-14-13-19(23(28)29-2)15-21(20)30-24(26)25-22(27)18-11-9-17(10-12-18)16-7-5-4-6-8-16/h4-15H,3H2,1-2H3. The Hall–Kier alpha value is -3.51. The molecule has 3 aromatic carbocycles. The smallest absolute Gasteiger partial charge is 0.337 e. The zero-order valence-electron chi connectivity index (χ0n) is 16.7. The molecule has 0 saturated carbocycles. The van der Waals surface area contributed by atoms with Crippen molar-refractivity contribution in [2.24, 2.45) is 4.99 Å². The second-order valence-corrected chi connectivity index (χ2v) is 7.67. The van der Waals surface area contributed by atoms with Gasteiger partial charge in [0.2, 0.25) is 0 Å². The number of rotatable bonds is 4. The summed E-state index contributed by atoms with van der Waals surface area (Å²) in [6.07, 6.45) is 0. The maximum Gasteiger partial charge on any atom is 0.337 e. The van der Waals surface area contributed by atoms with Gasteiger partial charge in [0.05, 0.1) is 22.9 Å². The summed E-state index contributed by atoms with van der Waals surface area (Å²) >= 11 is 1.38. The number of esters is 1. The number of carbonyl (C=O) groups excluding carboxylic acids is 2. The molecule has 1 amide bonds. The van der Waals surface area contributed by atoms with Gasteiger partial charge in [0.25, 0.3) is 5.91 Å². The van der Waals surface area contributed by atoms with Crippen LogP contribution in [0.25, 0.3) is 21.3 Å². The maximum absolute atomic E-state index is 12.8. The summed E-state index contributed by atoms with van der Waals surface area (Å²) in [7, 11) is 1.36. The van der Waals surface area contributed by atoms with E-state index in [-0.39, 0.29) is 11.9 Å². The van der Waals surface area contributed by atoms with Gasteiger partial charge in [-0.05, 0) is 48.4 Å². The van der Waals surface area contributed by atoms with Crippen molar-refractivity contribution in [3.8, 4) is 11.1 Å². The van der Waals surface area contributed by atoms with Gasteiger partial charge in [-0.1, -0.05) is 53.8 Å². The number of aromatic nitrogens is 1. The van der Waals surface area contributed by atoms with Crippen LogP contribution in [-0.2, 0) is 11.3 Å². The lowest BCUT2D eigenvalue weighted by Gasteiger charge is -2.03. The molecular formula is C24H20N2O3S. The number of aryl methyl sites for hydroxylation is 1. The Labute approximate surface area is 177 Å². The second kappa shape index (κ2) is 8.47. The quantitative estimate of drug-likeness (QED) is 0.444. The third-order valence-electron chi connectivity index (χ3n) is 4.86. The SMILES string of the molecule is CCn1c(=NC(=O)c2ccc(-c3ccccc3)cc2)sc2cc(C(=O)OC)ccc21. The Bertz CT molecular complexity index is 1290. The van der Waals surface area contributed by atoms with Crippen LogP contribution in [0.5, 0.6) is 0 Å². The van der Waals surface area contributed by atoms with Crippen LogP contribution in [0.3, 0.4) is 0 Å². The molecule has 30 heavy (non-hydrogen) atoms. The molecule has 150 valence electrons. The van der Waals surface area contributed by atoms with Gasteiger partial charge in [0.1, 0.15) is 0 Å². The highest BCUT2D eigenvalue weighted by molar-refractivity contribution is 7.16. The van der Waals surface area contributed by atoms with Crippen LogP contribution in [0.4, 0.5) is 0 Å². The first kappa shape index (κ1) is 19.8. The number of fused-ring (bicyclic) bond motifs is 1. The molecule has 0 aliphatic heterocycles. The van der Waals surface area contributed by atoms with Crippen molar-refractivity contribution in [3.63, 3.8) is 0 Å². The molecule has 1 heterocycles. The Morgan fingerprint density at radius 3 is 2.27 bits per heavy atom. The fourth-order valence-electron chi connectivity index (χ4n) is 3.30. The molecule has 0 radical (unpaired) electrons. The van der Waals surface area contributed by atoms with Gasteiger partial charge in [0.15, 0.2) is 4.80 Å². The molecule has 4 aromatic rings. The molecule has 5 nitrogen and oxygen atoms in total. The highest BCUT2D eigenvalue weighted by Gasteiger charge is 2.12. The van der Waals surface area contributed by atoms with E-state index in [9.17, 15) is 9.59 Å². The molecular weight excluding hydrogens is 396 g/mol. The average molecular weight is 417 g/mol. The van der Waals surface area contributed by atoms with E-state index in [2.05, 4.69) is 4.99 Å². The minimum Gasteiger partial charge on any atom is -0.465 e. The van der Waals surface area contributed by atoms with E-state index in [0.717, 1.165) is 21.3 Å². The van der Waals surface area contributed by atoms with Gasteiger partial charge < -0.3 is 9.30 Å². The Kier molecular flexibility index (Phi) is 5.59. The summed E-state index contributed by atoms with van der Waals surface area (Å²) in [4.78, 5) is 29.6. The van der Waals surface area contributed by atoms with Crippen LogP contribution in [-0.4, -0.2) is 23.6 Å². The summed E-state index contributed by atoms with van der Waals surface area (Å²) in [5, 5.41) is 0. The zero-order valence-corrected chi connectivity index (χ0v) is 17.5. The fourth-order valence-corrected chi connectivity index (χ4v) is 4.43. The van der Waals surface area contributed by atoms with Crippen molar-refractivity contribution in [3.05, 3.63) is 88.7 Å². The number of carbonyl (C=O) groups is 2. The van der Waals surface area contributed by atoms with Gasteiger partial charge in [0, 0.05) is 12.1 Å². The van der Waals surface area contributed by atoms with Crippen LogP contribution in [0.1, 0.15) is 27.6 Å². The van der Waals surface area contributed by atoms with E-state index >= 15 is 0 Å². The monoisotopic (exact) mass is 416 g/mol. The number of hydrogen-bond donors (Lipinski definition) is 0. The summed E-state index contributed by atoms with van der Waals surface area (Å²) in [6.45, 7) is 2.66. The fraction of sp³-hybridized carbons (Fsp3) is 0.125.